The highest BCUT2D eigenvalue weighted by Gasteiger charge is 2.39. The highest BCUT2D eigenvalue weighted by molar-refractivity contribution is 5.87. The van der Waals surface area contributed by atoms with Crippen LogP contribution in [0.2, 0.25) is 0 Å². The normalized spacial score (nSPS) is 22.3. The fourth-order valence-electron chi connectivity index (χ4n) is 2.68. The van der Waals surface area contributed by atoms with Crippen molar-refractivity contribution in [2.75, 3.05) is 19.6 Å². The Labute approximate surface area is 115 Å². The topological polar surface area (TPSA) is 75.4 Å². The van der Waals surface area contributed by atoms with E-state index in [-0.39, 0.29) is 23.9 Å². The maximum atomic E-state index is 12.6. The van der Waals surface area contributed by atoms with Crippen LogP contribution in [0.25, 0.3) is 0 Å². The SMILES string of the molecule is CC(C)CN(CC(N)=O)C(=O)C1NCCCC1(C)C. The number of nitrogens with zero attached hydrogens (tertiary/aromatic N) is 1. The Morgan fingerprint density at radius 3 is 2.53 bits per heavy atom. The van der Waals surface area contributed by atoms with E-state index in [9.17, 15) is 9.59 Å². The molecule has 1 saturated heterocycles. The van der Waals surface area contributed by atoms with Gasteiger partial charge in [0.05, 0.1) is 12.6 Å². The molecule has 1 aliphatic heterocycles. The molecular weight excluding hydrogens is 242 g/mol. The molecule has 19 heavy (non-hydrogen) atoms. The molecule has 0 spiro atoms. The van der Waals surface area contributed by atoms with E-state index in [0.717, 1.165) is 19.4 Å². The van der Waals surface area contributed by atoms with Gasteiger partial charge in [-0.1, -0.05) is 27.7 Å². The van der Waals surface area contributed by atoms with Crippen LogP contribution in [0.4, 0.5) is 0 Å². The molecule has 0 aromatic heterocycles. The standard InChI is InChI=1S/C14H27N3O2/c1-10(2)8-17(9-11(15)18)13(19)12-14(3,4)6-5-7-16-12/h10,12,16H,5-9H2,1-4H3,(H2,15,18). The molecule has 5 heteroatoms. The van der Waals surface area contributed by atoms with Gasteiger partial charge in [-0.25, -0.2) is 0 Å². The molecule has 0 aliphatic carbocycles. The number of amides is 2. The lowest BCUT2D eigenvalue weighted by Crippen LogP contribution is -2.58. The van der Waals surface area contributed by atoms with Crippen molar-refractivity contribution in [2.24, 2.45) is 17.1 Å². The van der Waals surface area contributed by atoms with E-state index in [1.807, 2.05) is 13.8 Å². The smallest absolute Gasteiger partial charge is 0.240 e. The molecule has 110 valence electrons. The van der Waals surface area contributed by atoms with Crippen LogP contribution in [0.3, 0.4) is 0 Å². The molecule has 2 amide bonds. The third-order valence-electron chi connectivity index (χ3n) is 3.62. The van der Waals surface area contributed by atoms with Crippen LogP contribution < -0.4 is 11.1 Å². The fourth-order valence-corrected chi connectivity index (χ4v) is 2.68. The molecule has 1 aliphatic rings. The average molecular weight is 269 g/mol. The molecule has 0 aromatic carbocycles. The molecule has 3 N–H and O–H groups in total. The Kier molecular flexibility index (Phi) is 5.35. The quantitative estimate of drug-likeness (QED) is 0.773. The summed E-state index contributed by atoms with van der Waals surface area (Å²) in [5, 5.41) is 3.29. The summed E-state index contributed by atoms with van der Waals surface area (Å²) in [7, 11) is 0. The molecular formula is C14H27N3O2. The van der Waals surface area contributed by atoms with E-state index < -0.39 is 5.91 Å². The maximum Gasteiger partial charge on any atom is 0.240 e. The number of primary amides is 1. The highest BCUT2D eigenvalue weighted by atomic mass is 16.2. The molecule has 1 heterocycles. The third kappa shape index (κ3) is 4.49. The second-order valence-electron chi connectivity index (χ2n) is 6.56. The van der Waals surface area contributed by atoms with Crippen LogP contribution in [0.5, 0.6) is 0 Å². The molecule has 0 bridgehead atoms. The summed E-state index contributed by atoms with van der Waals surface area (Å²) in [6, 6.07) is -0.223. The lowest BCUT2D eigenvalue weighted by molar-refractivity contribution is -0.140. The van der Waals surface area contributed by atoms with Gasteiger partial charge in [-0.3, -0.25) is 9.59 Å². The van der Waals surface area contributed by atoms with Gasteiger partial charge in [-0.05, 0) is 30.7 Å². The number of piperidine rings is 1. The number of carbonyl (C=O) groups is 2. The zero-order valence-corrected chi connectivity index (χ0v) is 12.5. The van der Waals surface area contributed by atoms with Crippen LogP contribution >= 0.6 is 0 Å². The number of nitrogens with one attached hydrogen (secondary N) is 1. The molecule has 1 unspecified atom stereocenters. The maximum absolute atomic E-state index is 12.6. The first-order valence-electron chi connectivity index (χ1n) is 7.04. The highest BCUT2D eigenvalue weighted by Crippen LogP contribution is 2.31. The molecule has 0 aromatic rings. The Hall–Kier alpha value is -1.10. The van der Waals surface area contributed by atoms with Crippen LogP contribution in [0.15, 0.2) is 0 Å². The van der Waals surface area contributed by atoms with Gasteiger partial charge in [-0.15, -0.1) is 0 Å². The minimum absolute atomic E-state index is 0.00259. The third-order valence-corrected chi connectivity index (χ3v) is 3.62. The summed E-state index contributed by atoms with van der Waals surface area (Å²) in [6.07, 6.45) is 2.10. The van der Waals surface area contributed by atoms with Crippen LogP contribution in [-0.4, -0.2) is 42.4 Å². The molecule has 1 atom stereocenters. The van der Waals surface area contributed by atoms with E-state index in [2.05, 4.69) is 19.2 Å². The van der Waals surface area contributed by atoms with Crippen LogP contribution in [0.1, 0.15) is 40.5 Å². The predicted molar refractivity (Wildman–Crippen MR) is 75.4 cm³/mol. The predicted octanol–water partition coefficient (Wildman–Crippen LogP) is 0.735. The van der Waals surface area contributed by atoms with Gasteiger partial charge in [0.15, 0.2) is 0 Å². The molecule has 0 radical (unpaired) electrons. The first-order valence-corrected chi connectivity index (χ1v) is 7.04. The van der Waals surface area contributed by atoms with Crippen molar-refractivity contribution in [3.05, 3.63) is 0 Å². The van der Waals surface area contributed by atoms with Gasteiger partial charge in [0.1, 0.15) is 0 Å². The van der Waals surface area contributed by atoms with Crippen molar-refractivity contribution in [2.45, 2.75) is 46.6 Å². The molecule has 5 nitrogen and oxygen atoms in total. The van der Waals surface area contributed by atoms with Crippen LogP contribution in [-0.2, 0) is 9.59 Å². The Morgan fingerprint density at radius 1 is 1.42 bits per heavy atom. The lowest BCUT2D eigenvalue weighted by atomic mass is 9.77. The van der Waals surface area contributed by atoms with Crippen molar-refractivity contribution in [3.8, 4) is 0 Å². The largest absolute Gasteiger partial charge is 0.368 e. The van der Waals surface area contributed by atoms with E-state index >= 15 is 0 Å². The second-order valence-corrected chi connectivity index (χ2v) is 6.56. The zero-order chi connectivity index (χ0) is 14.6. The van der Waals surface area contributed by atoms with Gasteiger partial charge >= 0.3 is 0 Å². The number of carbonyl (C=O) groups excluding carboxylic acids is 2. The Balaban J connectivity index is 2.82. The summed E-state index contributed by atoms with van der Waals surface area (Å²) < 4.78 is 0. The summed E-state index contributed by atoms with van der Waals surface area (Å²) in [4.78, 5) is 25.4. The zero-order valence-electron chi connectivity index (χ0n) is 12.5. The molecule has 0 saturated carbocycles. The molecule has 1 rings (SSSR count). The van der Waals surface area contributed by atoms with Crippen molar-refractivity contribution < 1.29 is 9.59 Å². The number of nitrogens with two attached hydrogens (primary N) is 1. The number of hydrogen-bond acceptors (Lipinski definition) is 3. The van der Waals surface area contributed by atoms with Gasteiger partial charge in [0.25, 0.3) is 0 Å². The van der Waals surface area contributed by atoms with E-state index in [1.165, 1.54) is 0 Å². The summed E-state index contributed by atoms with van der Waals surface area (Å²) in [6.45, 7) is 9.67. The van der Waals surface area contributed by atoms with Gasteiger partial charge < -0.3 is 16.0 Å². The van der Waals surface area contributed by atoms with Crippen molar-refractivity contribution in [3.63, 3.8) is 0 Å². The number of hydrogen-bond donors (Lipinski definition) is 2. The monoisotopic (exact) mass is 269 g/mol. The van der Waals surface area contributed by atoms with Crippen molar-refractivity contribution in [1.82, 2.24) is 10.2 Å². The van der Waals surface area contributed by atoms with E-state index in [4.69, 9.17) is 5.73 Å². The van der Waals surface area contributed by atoms with Crippen LogP contribution in [0, 0.1) is 11.3 Å². The first kappa shape index (κ1) is 16.0. The van der Waals surface area contributed by atoms with Crippen molar-refractivity contribution >= 4 is 11.8 Å². The minimum atomic E-state index is -0.456. The Morgan fingerprint density at radius 2 is 2.05 bits per heavy atom. The van der Waals surface area contributed by atoms with Crippen molar-refractivity contribution in [1.29, 1.82) is 0 Å². The second kappa shape index (κ2) is 6.37. The van der Waals surface area contributed by atoms with E-state index in [0.29, 0.717) is 12.5 Å². The van der Waals surface area contributed by atoms with Gasteiger partial charge in [0.2, 0.25) is 11.8 Å². The Bertz CT molecular complexity index is 340. The molecule has 1 fully saturated rings. The first-order chi connectivity index (χ1) is 8.74. The minimum Gasteiger partial charge on any atom is -0.368 e. The van der Waals surface area contributed by atoms with E-state index in [1.54, 1.807) is 4.90 Å². The van der Waals surface area contributed by atoms with Gasteiger partial charge in [0, 0.05) is 6.54 Å². The summed E-state index contributed by atoms with van der Waals surface area (Å²) in [5.74, 6) is -0.144. The summed E-state index contributed by atoms with van der Waals surface area (Å²) >= 11 is 0. The van der Waals surface area contributed by atoms with Gasteiger partial charge in [-0.2, -0.15) is 0 Å². The average Bonchev–Trinajstić information content (AvgIpc) is 2.25. The number of rotatable bonds is 5. The fraction of sp³-hybridized carbons (Fsp3) is 0.857. The lowest BCUT2D eigenvalue weighted by Gasteiger charge is -2.41. The summed E-state index contributed by atoms with van der Waals surface area (Å²) in [5.41, 5.74) is 5.17.